The SMILES string of the molecule is Cc1ccc(Cl)c(OCc2cccc(C(=O)N(C)Cc3c(Br)cnn3C)c2)c1. The largest absolute Gasteiger partial charge is 0.487 e. The van der Waals surface area contributed by atoms with E-state index in [4.69, 9.17) is 16.3 Å². The molecule has 1 amide bonds. The van der Waals surface area contributed by atoms with Crippen LogP contribution in [0.4, 0.5) is 0 Å². The molecular weight excluding hydrogens is 442 g/mol. The Balaban J connectivity index is 1.70. The Morgan fingerprint density at radius 1 is 1.29 bits per heavy atom. The molecule has 5 nitrogen and oxygen atoms in total. The molecule has 0 bridgehead atoms. The van der Waals surface area contributed by atoms with Gasteiger partial charge in [-0.05, 0) is 58.2 Å². The van der Waals surface area contributed by atoms with Crippen LogP contribution in [-0.4, -0.2) is 27.6 Å². The number of hydrogen-bond acceptors (Lipinski definition) is 3. The van der Waals surface area contributed by atoms with Gasteiger partial charge in [-0.25, -0.2) is 0 Å². The second-order valence-electron chi connectivity index (χ2n) is 6.65. The Morgan fingerprint density at radius 2 is 2.07 bits per heavy atom. The van der Waals surface area contributed by atoms with Crippen LogP contribution < -0.4 is 4.74 Å². The van der Waals surface area contributed by atoms with Gasteiger partial charge < -0.3 is 9.64 Å². The summed E-state index contributed by atoms with van der Waals surface area (Å²) in [7, 11) is 3.63. The molecule has 3 rings (SSSR count). The zero-order chi connectivity index (χ0) is 20.3. The summed E-state index contributed by atoms with van der Waals surface area (Å²) in [6, 6.07) is 13.1. The van der Waals surface area contributed by atoms with Gasteiger partial charge in [0.25, 0.3) is 5.91 Å². The summed E-state index contributed by atoms with van der Waals surface area (Å²) >= 11 is 9.65. The molecule has 0 fully saturated rings. The summed E-state index contributed by atoms with van der Waals surface area (Å²) in [6.07, 6.45) is 1.72. The van der Waals surface area contributed by atoms with E-state index in [0.717, 1.165) is 21.3 Å². The van der Waals surface area contributed by atoms with E-state index in [1.807, 2.05) is 50.4 Å². The van der Waals surface area contributed by atoms with Gasteiger partial charge in [0.2, 0.25) is 0 Å². The van der Waals surface area contributed by atoms with E-state index in [-0.39, 0.29) is 5.91 Å². The molecule has 0 aliphatic carbocycles. The molecule has 0 unspecified atom stereocenters. The summed E-state index contributed by atoms with van der Waals surface area (Å²) in [5.74, 6) is 0.570. The van der Waals surface area contributed by atoms with Gasteiger partial charge in [-0.15, -0.1) is 0 Å². The predicted molar refractivity (Wildman–Crippen MR) is 114 cm³/mol. The minimum absolute atomic E-state index is 0.0662. The fourth-order valence-corrected chi connectivity index (χ4v) is 3.45. The second kappa shape index (κ2) is 8.80. The number of carbonyl (C=O) groups excluding carboxylic acids is 1. The molecule has 3 aromatic rings. The molecule has 2 aromatic carbocycles. The highest BCUT2D eigenvalue weighted by atomic mass is 79.9. The van der Waals surface area contributed by atoms with E-state index in [0.29, 0.717) is 29.5 Å². The molecular formula is C21H21BrClN3O2. The lowest BCUT2D eigenvalue weighted by Gasteiger charge is -2.18. The standard InChI is InChI=1S/C21H21BrClN3O2/c1-14-7-8-18(23)20(9-14)28-13-15-5-4-6-16(10-15)21(27)25(2)12-19-17(22)11-24-26(19)3/h4-11H,12-13H2,1-3H3. The predicted octanol–water partition coefficient (Wildman–Crippen LogP) is 5.00. The first-order valence-corrected chi connectivity index (χ1v) is 9.92. The molecule has 7 heteroatoms. The van der Waals surface area contributed by atoms with Gasteiger partial charge in [0.1, 0.15) is 12.4 Å². The molecule has 28 heavy (non-hydrogen) atoms. The molecule has 0 N–H and O–H groups in total. The maximum Gasteiger partial charge on any atom is 0.253 e. The summed E-state index contributed by atoms with van der Waals surface area (Å²) in [4.78, 5) is 14.5. The lowest BCUT2D eigenvalue weighted by atomic mass is 10.1. The number of aromatic nitrogens is 2. The monoisotopic (exact) mass is 461 g/mol. The number of amides is 1. The quantitative estimate of drug-likeness (QED) is 0.518. The van der Waals surface area contributed by atoms with Crippen LogP contribution in [0.3, 0.4) is 0 Å². The van der Waals surface area contributed by atoms with Crippen molar-refractivity contribution in [3.05, 3.63) is 80.5 Å². The molecule has 0 spiro atoms. The molecule has 0 radical (unpaired) electrons. The van der Waals surface area contributed by atoms with Crippen molar-refractivity contribution in [2.75, 3.05) is 7.05 Å². The first kappa shape index (κ1) is 20.4. The number of carbonyl (C=O) groups is 1. The number of halogens is 2. The summed E-state index contributed by atoms with van der Waals surface area (Å²) in [6.45, 7) is 2.77. The topological polar surface area (TPSA) is 47.4 Å². The number of hydrogen-bond donors (Lipinski definition) is 0. The van der Waals surface area contributed by atoms with Crippen LogP contribution in [-0.2, 0) is 20.2 Å². The van der Waals surface area contributed by atoms with Crippen molar-refractivity contribution in [2.24, 2.45) is 7.05 Å². The van der Waals surface area contributed by atoms with Gasteiger partial charge in [-0.1, -0.05) is 29.8 Å². The maximum absolute atomic E-state index is 12.8. The molecule has 1 heterocycles. The Labute approximate surface area is 178 Å². The van der Waals surface area contributed by atoms with Gasteiger partial charge in [0, 0.05) is 19.7 Å². The van der Waals surface area contributed by atoms with E-state index in [2.05, 4.69) is 21.0 Å². The summed E-state index contributed by atoms with van der Waals surface area (Å²) < 4.78 is 8.48. The third kappa shape index (κ3) is 4.75. The maximum atomic E-state index is 12.8. The van der Waals surface area contributed by atoms with Gasteiger partial charge in [-0.2, -0.15) is 5.10 Å². The van der Waals surface area contributed by atoms with Crippen LogP contribution in [0.15, 0.2) is 53.1 Å². The highest BCUT2D eigenvalue weighted by molar-refractivity contribution is 9.10. The summed E-state index contributed by atoms with van der Waals surface area (Å²) in [5.41, 5.74) is 3.52. The molecule has 0 saturated carbocycles. The minimum Gasteiger partial charge on any atom is -0.487 e. The molecule has 0 saturated heterocycles. The number of nitrogens with zero attached hydrogens (tertiary/aromatic N) is 3. The van der Waals surface area contributed by atoms with E-state index in [1.54, 1.807) is 28.9 Å². The fraction of sp³-hybridized carbons (Fsp3) is 0.238. The van der Waals surface area contributed by atoms with Gasteiger partial charge in [-0.3, -0.25) is 9.48 Å². The van der Waals surface area contributed by atoms with Gasteiger partial charge in [0.15, 0.2) is 0 Å². The van der Waals surface area contributed by atoms with Gasteiger partial charge >= 0.3 is 0 Å². The van der Waals surface area contributed by atoms with Crippen LogP contribution in [0.1, 0.15) is 27.2 Å². The van der Waals surface area contributed by atoms with Crippen molar-refractivity contribution in [3.63, 3.8) is 0 Å². The van der Waals surface area contributed by atoms with Crippen LogP contribution >= 0.6 is 27.5 Å². The average Bonchev–Trinajstić information content (AvgIpc) is 3.00. The minimum atomic E-state index is -0.0662. The van der Waals surface area contributed by atoms with Crippen molar-refractivity contribution < 1.29 is 9.53 Å². The van der Waals surface area contributed by atoms with Crippen LogP contribution in [0, 0.1) is 6.92 Å². The Kier molecular flexibility index (Phi) is 6.42. The van der Waals surface area contributed by atoms with Crippen LogP contribution in [0.2, 0.25) is 5.02 Å². The highest BCUT2D eigenvalue weighted by Gasteiger charge is 2.16. The lowest BCUT2D eigenvalue weighted by Crippen LogP contribution is -2.27. The first-order chi connectivity index (χ1) is 13.3. The molecule has 0 aliphatic rings. The second-order valence-corrected chi connectivity index (χ2v) is 7.91. The van der Waals surface area contributed by atoms with Crippen LogP contribution in [0.25, 0.3) is 0 Å². The Morgan fingerprint density at radius 3 is 2.79 bits per heavy atom. The molecule has 1 aromatic heterocycles. The van der Waals surface area contributed by atoms with E-state index in [1.165, 1.54) is 0 Å². The number of aryl methyl sites for hydroxylation is 2. The number of ether oxygens (including phenoxy) is 1. The first-order valence-electron chi connectivity index (χ1n) is 8.75. The normalized spacial score (nSPS) is 10.8. The Hall–Kier alpha value is -2.31. The number of rotatable bonds is 6. The molecule has 0 atom stereocenters. The fourth-order valence-electron chi connectivity index (χ4n) is 2.81. The number of benzene rings is 2. The third-order valence-electron chi connectivity index (χ3n) is 4.40. The van der Waals surface area contributed by atoms with Crippen molar-refractivity contribution in [1.29, 1.82) is 0 Å². The van der Waals surface area contributed by atoms with Crippen molar-refractivity contribution in [3.8, 4) is 5.75 Å². The molecule has 0 aliphatic heterocycles. The van der Waals surface area contributed by atoms with Crippen molar-refractivity contribution in [2.45, 2.75) is 20.1 Å². The Bertz CT molecular complexity index is 984. The molecule has 146 valence electrons. The van der Waals surface area contributed by atoms with Gasteiger partial charge in [0.05, 0.1) is 27.9 Å². The van der Waals surface area contributed by atoms with Crippen molar-refractivity contribution in [1.82, 2.24) is 14.7 Å². The van der Waals surface area contributed by atoms with Crippen LogP contribution in [0.5, 0.6) is 5.75 Å². The van der Waals surface area contributed by atoms with E-state index < -0.39 is 0 Å². The average molecular weight is 463 g/mol. The lowest BCUT2D eigenvalue weighted by molar-refractivity contribution is 0.0781. The zero-order valence-corrected chi connectivity index (χ0v) is 18.3. The summed E-state index contributed by atoms with van der Waals surface area (Å²) in [5, 5.41) is 4.76. The highest BCUT2D eigenvalue weighted by Crippen LogP contribution is 2.26. The van der Waals surface area contributed by atoms with E-state index in [9.17, 15) is 4.79 Å². The third-order valence-corrected chi connectivity index (χ3v) is 5.37. The zero-order valence-electron chi connectivity index (χ0n) is 15.9. The van der Waals surface area contributed by atoms with E-state index >= 15 is 0 Å². The smallest absolute Gasteiger partial charge is 0.253 e. The van der Waals surface area contributed by atoms with Crippen molar-refractivity contribution >= 4 is 33.4 Å².